The zero-order valence-corrected chi connectivity index (χ0v) is 11.2. The van der Waals surface area contributed by atoms with E-state index in [-0.39, 0.29) is 5.91 Å². The number of hydrogen-bond acceptors (Lipinski definition) is 3. The molecule has 0 radical (unpaired) electrons. The van der Waals surface area contributed by atoms with E-state index in [1.165, 1.54) is 0 Å². The number of carboxylic acid groups (broad SMARTS) is 1. The normalized spacial score (nSPS) is 23.7. The van der Waals surface area contributed by atoms with Crippen molar-refractivity contribution < 1.29 is 14.7 Å². The van der Waals surface area contributed by atoms with E-state index in [0.29, 0.717) is 25.3 Å². The highest BCUT2D eigenvalue weighted by molar-refractivity contribution is 6.04. The number of carboxylic acids is 1. The average Bonchev–Trinajstić information content (AvgIpc) is 3.12. The second-order valence-electron chi connectivity index (χ2n) is 5.82. The van der Waals surface area contributed by atoms with E-state index in [4.69, 9.17) is 5.11 Å². The van der Waals surface area contributed by atoms with Crippen LogP contribution in [0.15, 0.2) is 0 Å². The van der Waals surface area contributed by atoms with E-state index in [0.717, 1.165) is 25.9 Å². The smallest absolute Gasteiger partial charge is 0.319 e. The molecule has 0 aromatic carbocycles. The number of hydrogen-bond donors (Lipinski definition) is 1. The first-order chi connectivity index (χ1) is 8.45. The van der Waals surface area contributed by atoms with Gasteiger partial charge in [-0.2, -0.15) is 0 Å². The number of likely N-dealkylation sites (tertiary alicyclic amines) is 1. The van der Waals surface area contributed by atoms with Crippen LogP contribution in [0.3, 0.4) is 0 Å². The second-order valence-corrected chi connectivity index (χ2v) is 5.82. The maximum Gasteiger partial charge on any atom is 0.319 e. The van der Waals surface area contributed by atoms with Crippen molar-refractivity contribution >= 4 is 11.9 Å². The molecule has 2 rings (SSSR count). The summed E-state index contributed by atoms with van der Waals surface area (Å²) in [5.74, 6) is -0.642. The highest BCUT2D eigenvalue weighted by Crippen LogP contribution is 2.47. The van der Waals surface area contributed by atoms with Gasteiger partial charge in [0.1, 0.15) is 5.41 Å². The van der Waals surface area contributed by atoms with Crippen molar-refractivity contribution in [1.82, 2.24) is 9.80 Å². The lowest BCUT2D eigenvalue weighted by atomic mass is 9.96. The van der Waals surface area contributed by atoms with Crippen molar-refractivity contribution in [3.8, 4) is 0 Å². The fourth-order valence-corrected chi connectivity index (χ4v) is 2.72. The maximum absolute atomic E-state index is 12.1. The van der Waals surface area contributed by atoms with Gasteiger partial charge < -0.3 is 14.9 Å². The van der Waals surface area contributed by atoms with Crippen molar-refractivity contribution in [3.63, 3.8) is 0 Å². The van der Waals surface area contributed by atoms with Crippen LogP contribution in [0.5, 0.6) is 0 Å². The van der Waals surface area contributed by atoms with Gasteiger partial charge in [0.2, 0.25) is 5.91 Å². The molecule has 1 aliphatic carbocycles. The Morgan fingerprint density at radius 2 is 1.89 bits per heavy atom. The second kappa shape index (κ2) is 4.88. The zero-order valence-electron chi connectivity index (χ0n) is 11.2. The molecule has 0 unspecified atom stereocenters. The van der Waals surface area contributed by atoms with Crippen LogP contribution in [0.1, 0.15) is 25.7 Å². The molecule has 1 amide bonds. The molecule has 0 bridgehead atoms. The number of amides is 1. The molecule has 1 heterocycles. The summed E-state index contributed by atoms with van der Waals surface area (Å²) in [4.78, 5) is 27.2. The van der Waals surface area contributed by atoms with Crippen molar-refractivity contribution in [1.29, 1.82) is 0 Å². The Morgan fingerprint density at radius 3 is 2.33 bits per heavy atom. The van der Waals surface area contributed by atoms with E-state index >= 15 is 0 Å². The summed E-state index contributed by atoms with van der Waals surface area (Å²) in [6.07, 6.45) is 3.18. The minimum Gasteiger partial charge on any atom is -0.480 e. The molecule has 0 aromatic rings. The van der Waals surface area contributed by atoms with Gasteiger partial charge in [0.25, 0.3) is 0 Å². The highest BCUT2D eigenvalue weighted by Gasteiger charge is 2.58. The summed E-state index contributed by atoms with van der Waals surface area (Å²) in [5.41, 5.74) is -1.08. The summed E-state index contributed by atoms with van der Waals surface area (Å²) in [5, 5.41) is 9.11. The van der Waals surface area contributed by atoms with Crippen LogP contribution in [-0.2, 0) is 9.59 Å². The van der Waals surface area contributed by atoms with Gasteiger partial charge in [-0.05, 0) is 51.7 Å². The van der Waals surface area contributed by atoms with Crippen LogP contribution in [0, 0.1) is 11.3 Å². The van der Waals surface area contributed by atoms with Crippen LogP contribution in [0.4, 0.5) is 0 Å². The average molecular weight is 254 g/mol. The number of aliphatic carboxylic acids is 1. The summed E-state index contributed by atoms with van der Waals surface area (Å²) in [7, 11) is 3.85. The van der Waals surface area contributed by atoms with Crippen molar-refractivity contribution in [2.24, 2.45) is 11.3 Å². The zero-order chi connectivity index (χ0) is 13.3. The van der Waals surface area contributed by atoms with E-state index in [9.17, 15) is 9.59 Å². The Bertz CT molecular complexity index is 344. The number of nitrogens with zero attached hydrogens (tertiary/aromatic N) is 2. The van der Waals surface area contributed by atoms with Crippen LogP contribution in [-0.4, -0.2) is 60.5 Å². The van der Waals surface area contributed by atoms with Gasteiger partial charge >= 0.3 is 5.97 Å². The molecule has 18 heavy (non-hydrogen) atoms. The van der Waals surface area contributed by atoms with Crippen molar-refractivity contribution in [2.45, 2.75) is 25.7 Å². The standard InChI is InChI=1S/C13H22N2O3/c1-14-7-3-10(4-8-14)9-15(2)11(16)13(5-6-13)12(17)18/h10H,3-9H2,1-2H3,(H,17,18). The lowest BCUT2D eigenvalue weighted by Crippen LogP contribution is -2.42. The van der Waals surface area contributed by atoms with Crippen LogP contribution in [0.2, 0.25) is 0 Å². The minimum atomic E-state index is -1.08. The summed E-state index contributed by atoms with van der Waals surface area (Å²) < 4.78 is 0. The third-order valence-electron chi connectivity index (χ3n) is 4.29. The predicted octanol–water partition coefficient (Wildman–Crippen LogP) is 0.651. The van der Waals surface area contributed by atoms with Crippen LogP contribution < -0.4 is 0 Å². The molecular weight excluding hydrogens is 232 g/mol. The Labute approximate surface area is 108 Å². The fourth-order valence-electron chi connectivity index (χ4n) is 2.72. The first kappa shape index (κ1) is 13.3. The lowest BCUT2D eigenvalue weighted by Gasteiger charge is -2.32. The van der Waals surface area contributed by atoms with Crippen LogP contribution >= 0.6 is 0 Å². The molecule has 5 nitrogen and oxygen atoms in total. The van der Waals surface area contributed by atoms with E-state index < -0.39 is 11.4 Å². The molecule has 1 N–H and O–H groups in total. The summed E-state index contributed by atoms with van der Waals surface area (Å²) in [6, 6.07) is 0. The van der Waals surface area contributed by atoms with E-state index in [1.807, 2.05) is 0 Å². The van der Waals surface area contributed by atoms with Crippen molar-refractivity contribution in [3.05, 3.63) is 0 Å². The van der Waals surface area contributed by atoms with Gasteiger partial charge in [-0.15, -0.1) is 0 Å². The topological polar surface area (TPSA) is 60.9 Å². The number of rotatable bonds is 4. The minimum absolute atomic E-state index is 0.200. The van der Waals surface area contributed by atoms with Gasteiger partial charge in [-0.1, -0.05) is 0 Å². The quantitative estimate of drug-likeness (QED) is 0.748. The Hall–Kier alpha value is -1.10. The van der Waals surface area contributed by atoms with E-state index in [1.54, 1.807) is 11.9 Å². The Kier molecular flexibility index (Phi) is 3.61. The van der Waals surface area contributed by atoms with Gasteiger partial charge in [-0.25, -0.2) is 0 Å². The fraction of sp³-hybridized carbons (Fsp3) is 0.846. The van der Waals surface area contributed by atoms with Gasteiger partial charge in [0, 0.05) is 13.6 Å². The third kappa shape index (κ3) is 2.51. The molecule has 0 aromatic heterocycles. The largest absolute Gasteiger partial charge is 0.480 e. The molecule has 0 atom stereocenters. The molecule has 1 saturated carbocycles. The summed E-state index contributed by atoms with van der Waals surface area (Å²) >= 11 is 0. The molecule has 2 aliphatic rings. The first-order valence-corrected chi connectivity index (χ1v) is 6.63. The Balaban J connectivity index is 1.86. The molecule has 5 heteroatoms. The molecular formula is C13H22N2O3. The van der Waals surface area contributed by atoms with Crippen LogP contribution in [0.25, 0.3) is 0 Å². The number of carbonyl (C=O) groups excluding carboxylic acids is 1. The number of piperidine rings is 1. The molecule has 102 valence electrons. The SMILES string of the molecule is CN1CCC(CN(C)C(=O)C2(C(=O)O)CC2)CC1. The molecule has 1 aliphatic heterocycles. The van der Waals surface area contributed by atoms with Crippen molar-refractivity contribution in [2.75, 3.05) is 33.7 Å². The van der Waals surface area contributed by atoms with Gasteiger partial charge in [0.05, 0.1) is 0 Å². The maximum atomic E-state index is 12.1. The predicted molar refractivity (Wildman–Crippen MR) is 67.2 cm³/mol. The Morgan fingerprint density at radius 1 is 1.33 bits per heavy atom. The number of carbonyl (C=O) groups is 2. The first-order valence-electron chi connectivity index (χ1n) is 6.63. The third-order valence-corrected chi connectivity index (χ3v) is 4.29. The van der Waals surface area contributed by atoms with E-state index in [2.05, 4.69) is 11.9 Å². The summed E-state index contributed by atoms with van der Waals surface area (Å²) in [6.45, 7) is 2.83. The van der Waals surface area contributed by atoms with Gasteiger partial charge in [-0.3, -0.25) is 9.59 Å². The highest BCUT2D eigenvalue weighted by atomic mass is 16.4. The molecule has 2 fully saturated rings. The molecule has 1 saturated heterocycles. The molecule has 0 spiro atoms. The lowest BCUT2D eigenvalue weighted by molar-refractivity contribution is -0.153. The monoisotopic (exact) mass is 254 g/mol. The van der Waals surface area contributed by atoms with Gasteiger partial charge in [0.15, 0.2) is 0 Å².